The van der Waals surface area contributed by atoms with Crippen molar-refractivity contribution in [3.63, 3.8) is 0 Å². The fourth-order valence-corrected chi connectivity index (χ4v) is 3.62. The maximum atomic E-state index is 12.7. The summed E-state index contributed by atoms with van der Waals surface area (Å²) in [5.74, 6) is 1.50. The molecule has 6 heteroatoms. The molecule has 0 amide bonds. The van der Waals surface area contributed by atoms with E-state index >= 15 is 0 Å². The maximum Gasteiger partial charge on any atom is 0.314 e. The van der Waals surface area contributed by atoms with Crippen LogP contribution in [0.3, 0.4) is 0 Å². The van der Waals surface area contributed by atoms with Gasteiger partial charge in [0, 0.05) is 16.6 Å². The van der Waals surface area contributed by atoms with Crippen LogP contribution >= 0.6 is 11.6 Å². The monoisotopic (exact) mass is 449 g/mol. The van der Waals surface area contributed by atoms with Gasteiger partial charge in [0.15, 0.2) is 5.75 Å². The van der Waals surface area contributed by atoms with Crippen molar-refractivity contribution in [2.75, 3.05) is 0 Å². The minimum absolute atomic E-state index is 0.180. The van der Waals surface area contributed by atoms with Gasteiger partial charge < -0.3 is 14.3 Å². The van der Waals surface area contributed by atoms with Crippen molar-refractivity contribution < 1.29 is 19.1 Å². The summed E-state index contributed by atoms with van der Waals surface area (Å²) < 4.78 is 11.4. The summed E-state index contributed by atoms with van der Waals surface area (Å²) in [6.07, 6.45) is 1.72. The molecular weight excluding hydrogens is 426 g/mol. The first-order valence-electron chi connectivity index (χ1n) is 10.3. The Hall–Kier alpha value is -3.44. The van der Waals surface area contributed by atoms with Crippen LogP contribution in [0.15, 0.2) is 90.6 Å². The topological polar surface area (TPSA) is 56.8 Å². The van der Waals surface area contributed by atoms with Crippen molar-refractivity contribution in [1.29, 1.82) is 0 Å². The molecule has 1 fully saturated rings. The van der Waals surface area contributed by atoms with E-state index < -0.39 is 0 Å². The third-order valence-corrected chi connectivity index (χ3v) is 5.64. The number of esters is 1. The normalized spacial score (nSPS) is 17.5. The average molecular weight is 450 g/mol. The summed E-state index contributed by atoms with van der Waals surface area (Å²) in [4.78, 5) is 18.1. The van der Waals surface area contributed by atoms with Gasteiger partial charge in [-0.15, -0.1) is 0 Å². The van der Waals surface area contributed by atoms with Crippen LogP contribution in [-0.4, -0.2) is 5.97 Å². The Balaban J connectivity index is 1.31. The van der Waals surface area contributed by atoms with Crippen molar-refractivity contribution >= 4 is 17.6 Å². The lowest BCUT2D eigenvalue weighted by Gasteiger charge is -2.09. The maximum absolute atomic E-state index is 12.7. The van der Waals surface area contributed by atoms with Crippen LogP contribution in [-0.2, 0) is 16.1 Å². The zero-order valence-corrected chi connectivity index (χ0v) is 18.6. The van der Waals surface area contributed by atoms with Crippen molar-refractivity contribution in [3.8, 4) is 17.2 Å². The minimum Gasteiger partial charge on any atom is -0.460 e. The lowest BCUT2D eigenvalue weighted by Crippen LogP contribution is -2.11. The summed E-state index contributed by atoms with van der Waals surface area (Å²) >= 11 is 5.87. The molecule has 4 rings (SSSR count). The van der Waals surface area contributed by atoms with Gasteiger partial charge in [-0.25, -0.2) is 5.48 Å². The quantitative estimate of drug-likeness (QED) is 0.323. The molecule has 32 heavy (non-hydrogen) atoms. The lowest BCUT2D eigenvalue weighted by atomic mass is 10.1. The van der Waals surface area contributed by atoms with Gasteiger partial charge in [0.05, 0.1) is 5.92 Å². The van der Waals surface area contributed by atoms with Gasteiger partial charge in [0.2, 0.25) is 0 Å². The number of ether oxygens (including phenoxy) is 2. The fraction of sp³-hybridized carbons (Fsp3) is 0.192. The molecule has 0 aliphatic heterocycles. The summed E-state index contributed by atoms with van der Waals surface area (Å²) in [6, 6.07) is 24.1. The smallest absolute Gasteiger partial charge is 0.314 e. The molecular formula is C26H24ClNO4. The minimum atomic E-state index is -0.312. The van der Waals surface area contributed by atoms with Gasteiger partial charge in [0.25, 0.3) is 0 Å². The fourth-order valence-electron chi connectivity index (χ4n) is 3.50. The van der Waals surface area contributed by atoms with E-state index in [2.05, 4.69) is 5.48 Å². The first kappa shape index (κ1) is 21.8. The first-order chi connectivity index (χ1) is 15.4. The summed E-state index contributed by atoms with van der Waals surface area (Å²) in [6.45, 7) is 4.19. The number of carbonyl (C=O) groups excluding carboxylic acids is 1. The van der Waals surface area contributed by atoms with E-state index in [0.717, 1.165) is 16.9 Å². The Morgan fingerprint density at radius 1 is 0.969 bits per heavy atom. The summed E-state index contributed by atoms with van der Waals surface area (Å²) in [5, 5.41) is 0.638. The molecule has 5 nitrogen and oxygen atoms in total. The SMILES string of the molecule is CC1(C)C(=CNOc2ccc(Cl)cc2)[C@H]1C(=O)OCc1cccc(Oc2ccccc2)c1. The van der Waals surface area contributed by atoms with Crippen LogP contribution in [0.1, 0.15) is 19.4 Å². The van der Waals surface area contributed by atoms with Gasteiger partial charge in [-0.05, 0) is 59.7 Å². The molecule has 3 aromatic carbocycles. The number of carbonyl (C=O) groups is 1. The van der Waals surface area contributed by atoms with Gasteiger partial charge in [0.1, 0.15) is 18.1 Å². The highest BCUT2D eigenvalue weighted by Crippen LogP contribution is 2.58. The second-order valence-corrected chi connectivity index (χ2v) is 8.53. The number of hydrogen-bond acceptors (Lipinski definition) is 5. The molecule has 0 aromatic heterocycles. The van der Waals surface area contributed by atoms with Gasteiger partial charge in [-0.3, -0.25) is 4.79 Å². The highest BCUT2D eigenvalue weighted by atomic mass is 35.5. The van der Waals surface area contributed by atoms with Crippen molar-refractivity contribution in [2.45, 2.75) is 20.5 Å². The molecule has 1 N–H and O–H groups in total. The van der Waals surface area contributed by atoms with E-state index in [0.29, 0.717) is 16.5 Å². The molecule has 0 radical (unpaired) electrons. The molecule has 1 aliphatic carbocycles. The standard InChI is InChI=1S/C26H24ClNO4/c1-26(2)23(16-28-32-21-13-11-19(27)12-14-21)24(26)25(29)30-17-18-7-6-10-22(15-18)31-20-8-4-3-5-9-20/h3-16,24,28H,17H2,1-2H3/t24-/m0/s1. The highest BCUT2D eigenvalue weighted by Gasteiger charge is 2.58. The molecule has 1 aliphatic rings. The number of nitrogens with one attached hydrogen (secondary N) is 1. The molecule has 0 bridgehead atoms. The van der Waals surface area contributed by atoms with Gasteiger partial charge in [-0.2, -0.15) is 0 Å². The summed E-state index contributed by atoms with van der Waals surface area (Å²) in [5.41, 5.74) is 4.30. The Bertz CT molecular complexity index is 1110. The molecule has 0 heterocycles. The molecule has 0 saturated heterocycles. The van der Waals surface area contributed by atoms with E-state index in [1.54, 1.807) is 30.5 Å². The zero-order valence-electron chi connectivity index (χ0n) is 17.9. The third-order valence-electron chi connectivity index (χ3n) is 5.39. The van der Waals surface area contributed by atoms with Crippen LogP contribution in [0.2, 0.25) is 5.02 Å². The molecule has 1 saturated carbocycles. The molecule has 0 unspecified atom stereocenters. The second kappa shape index (κ2) is 9.37. The highest BCUT2D eigenvalue weighted by molar-refractivity contribution is 6.30. The Morgan fingerprint density at radius 3 is 2.44 bits per heavy atom. The third kappa shape index (κ3) is 5.24. The van der Waals surface area contributed by atoms with Gasteiger partial charge >= 0.3 is 5.97 Å². The molecule has 164 valence electrons. The van der Waals surface area contributed by atoms with E-state index in [-0.39, 0.29) is 23.9 Å². The van der Waals surface area contributed by atoms with Gasteiger partial charge in [-0.1, -0.05) is 55.8 Å². The zero-order chi connectivity index (χ0) is 22.6. The van der Waals surface area contributed by atoms with Crippen LogP contribution < -0.4 is 15.1 Å². The number of hydrogen-bond donors (Lipinski definition) is 1. The number of benzene rings is 3. The first-order valence-corrected chi connectivity index (χ1v) is 10.7. The second-order valence-electron chi connectivity index (χ2n) is 8.10. The van der Waals surface area contributed by atoms with E-state index in [1.165, 1.54) is 0 Å². The van der Waals surface area contributed by atoms with Crippen LogP contribution in [0, 0.1) is 11.3 Å². The predicted molar refractivity (Wildman–Crippen MR) is 123 cm³/mol. The number of hydroxylamine groups is 1. The number of halogens is 1. The molecule has 1 atom stereocenters. The van der Waals surface area contributed by atoms with E-state index in [4.69, 9.17) is 25.9 Å². The average Bonchev–Trinajstić information content (AvgIpc) is 3.34. The largest absolute Gasteiger partial charge is 0.460 e. The van der Waals surface area contributed by atoms with E-state index in [1.807, 2.05) is 68.4 Å². The van der Waals surface area contributed by atoms with E-state index in [9.17, 15) is 4.79 Å². The van der Waals surface area contributed by atoms with Crippen LogP contribution in [0.5, 0.6) is 17.2 Å². The number of rotatable bonds is 8. The predicted octanol–water partition coefficient (Wildman–Crippen LogP) is 6.30. The Kier molecular flexibility index (Phi) is 6.37. The molecule has 3 aromatic rings. The van der Waals surface area contributed by atoms with Crippen molar-refractivity contribution in [2.24, 2.45) is 11.3 Å². The Labute approximate surface area is 192 Å². The van der Waals surface area contributed by atoms with Crippen molar-refractivity contribution in [1.82, 2.24) is 5.48 Å². The van der Waals surface area contributed by atoms with Crippen LogP contribution in [0.25, 0.3) is 0 Å². The summed E-state index contributed by atoms with van der Waals surface area (Å²) in [7, 11) is 0. The Morgan fingerprint density at radius 2 is 1.69 bits per heavy atom. The molecule has 0 spiro atoms. The lowest BCUT2D eigenvalue weighted by molar-refractivity contribution is -0.147. The van der Waals surface area contributed by atoms with Crippen LogP contribution in [0.4, 0.5) is 0 Å². The number of para-hydroxylation sites is 1. The van der Waals surface area contributed by atoms with Crippen molar-refractivity contribution in [3.05, 3.63) is 101 Å².